The van der Waals surface area contributed by atoms with E-state index in [0.29, 0.717) is 12.0 Å². The topological polar surface area (TPSA) is 133 Å². The van der Waals surface area contributed by atoms with Gasteiger partial charge in [-0.15, -0.1) is 11.3 Å². The van der Waals surface area contributed by atoms with Gasteiger partial charge in [-0.1, -0.05) is 37.6 Å². The highest BCUT2D eigenvalue weighted by Crippen LogP contribution is 2.26. The third-order valence-corrected chi connectivity index (χ3v) is 10.0. The summed E-state index contributed by atoms with van der Waals surface area (Å²) in [4.78, 5) is 39.1. The van der Waals surface area contributed by atoms with Crippen molar-refractivity contribution in [1.82, 2.24) is 20.7 Å². The molecule has 2 aromatic rings. The minimum Gasteiger partial charge on any atom is -0.345 e. The SMILES string of the molecule is CC(C)CC[C@H](NS(=O)(=O)c1ccc(Cl)s1)C(=O)N[C@@H](Cc1ccc(I)cc1)C(=O)N[C@@H](CS)C(=O)NCC(F)(F)F. The Balaban J connectivity index is 2.30. The van der Waals surface area contributed by atoms with Crippen LogP contribution in [0.2, 0.25) is 4.34 Å². The molecule has 1 aromatic heterocycles. The van der Waals surface area contributed by atoms with Gasteiger partial charge < -0.3 is 16.0 Å². The van der Waals surface area contributed by atoms with E-state index in [9.17, 15) is 36.0 Å². The fourth-order valence-corrected chi connectivity index (χ4v) is 6.89. The van der Waals surface area contributed by atoms with Gasteiger partial charge in [0.25, 0.3) is 10.0 Å². The van der Waals surface area contributed by atoms with E-state index in [1.165, 1.54) is 12.1 Å². The normalized spacial score (nSPS) is 14.2. The molecule has 1 heterocycles. The second-order valence-corrected chi connectivity index (χ2v) is 14.9. The molecule has 4 N–H and O–H groups in total. The summed E-state index contributed by atoms with van der Waals surface area (Å²) in [5, 5.41) is 6.61. The number of thiol groups is 1. The highest BCUT2D eigenvalue weighted by molar-refractivity contribution is 14.1. The molecular weight excluding hydrogens is 752 g/mol. The minimum absolute atomic E-state index is 0.0534. The van der Waals surface area contributed by atoms with Gasteiger partial charge in [0.15, 0.2) is 0 Å². The smallest absolute Gasteiger partial charge is 0.345 e. The summed E-state index contributed by atoms with van der Waals surface area (Å²) in [5.41, 5.74) is 0.632. The standard InChI is InChI=1S/C25H31ClF3IN4O5S3/c1-14(2)3-8-17(34-42(38,39)21-10-9-20(26)41-21)23(36)32-18(11-15-4-6-16(30)7-5-15)24(37)33-19(12-40)22(35)31-13-25(27,28)29/h4-7,9-10,14,17-19,34,40H,3,8,11-13H2,1-2H3,(H,31,35)(H,32,36)(H,33,37)/t17-,18-,19-/m0/s1. The molecule has 9 nitrogen and oxygen atoms in total. The zero-order valence-corrected chi connectivity index (χ0v) is 27.9. The molecular formula is C25H31ClF3IN4O5S3. The van der Waals surface area contributed by atoms with Crippen molar-refractivity contribution < 1.29 is 36.0 Å². The lowest BCUT2D eigenvalue weighted by atomic mass is 10.0. The maximum atomic E-state index is 13.5. The third kappa shape index (κ3) is 12.6. The molecule has 42 heavy (non-hydrogen) atoms. The Bertz CT molecular complexity index is 1330. The number of rotatable bonds is 15. The van der Waals surface area contributed by atoms with Crippen molar-refractivity contribution in [3.05, 3.63) is 49.9 Å². The largest absolute Gasteiger partial charge is 0.405 e. The van der Waals surface area contributed by atoms with Gasteiger partial charge >= 0.3 is 6.18 Å². The molecule has 0 bridgehead atoms. The quantitative estimate of drug-likeness (QED) is 0.138. The number of carbonyl (C=O) groups excluding carboxylic acids is 3. The number of hydrogen-bond donors (Lipinski definition) is 5. The van der Waals surface area contributed by atoms with Crippen molar-refractivity contribution in [2.45, 2.75) is 61.6 Å². The molecule has 0 saturated heterocycles. The Morgan fingerprint density at radius 3 is 2.07 bits per heavy atom. The van der Waals surface area contributed by atoms with Crippen LogP contribution in [0.25, 0.3) is 0 Å². The number of thiophene rings is 1. The number of nitrogens with one attached hydrogen (secondary N) is 4. The Kier molecular flexibility index (Phi) is 14.3. The Hall–Kier alpha value is -1.60. The molecule has 0 radical (unpaired) electrons. The molecule has 0 spiro atoms. The van der Waals surface area contributed by atoms with Gasteiger partial charge in [0.05, 0.1) is 4.34 Å². The molecule has 2 rings (SSSR count). The van der Waals surface area contributed by atoms with E-state index < -0.39 is 58.6 Å². The monoisotopic (exact) mass is 782 g/mol. The molecule has 0 aliphatic rings. The second kappa shape index (κ2) is 16.5. The van der Waals surface area contributed by atoms with Crippen LogP contribution >= 0.6 is 58.2 Å². The molecule has 0 aliphatic heterocycles. The molecule has 3 atom stereocenters. The van der Waals surface area contributed by atoms with Gasteiger partial charge in [-0.05, 0) is 71.2 Å². The van der Waals surface area contributed by atoms with Crippen molar-refractivity contribution in [3.63, 3.8) is 0 Å². The first kappa shape index (κ1) is 36.6. The number of sulfonamides is 1. The molecule has 3 amide bonds. The van der Waals surface area contributed by atoms with Crippen LogP contribution < -0.4 is 20.7 Å². The van der Waals surface area contributed by atoms with E-state index in [1.54, 1.807) is 29.6 Å². The first-order chi connectivity index (χ1) is 19.5. The number of alkyl halides is 3. The number of benzene rings is 1. The first-order valence-corrected chi connectivity index (χ1v) is 17.0. The minimum atomic E-state index is -4.66. The number of amides is 3. The van der Waals surface area contributed by atoms with Gasteiger partial charge in [-0.25, -0.2) is 8.42 Å². The average Bonchev–Trinajstić information content (AvgIpc) is 3.35. The Labute approximate surface area is 270 Å². The van der Waals surface area contributed by atoms with Gasteiger partial charge in [-0.3, -0.25) is 14.4 Å². The molecule has 0 aliphatic carbocycles. The average molecular weight is 783 g/mol. The van der Waals surface area contributed by atoms with Crippen molar-refractivity contribution in [2.24, 2.45) is 5.92 Å². The highest BCUT2D eigenvalue weighted by atomic mass is 127. The summed E-state index contributed by atoms with van der Waals surface area (Å²) in [6, 6.07) is 5.71. The Morgan fingerprint density at radius 2 is 1.55 bits per heavy atom. The number of halogens is 5. The maximum absolute atomic E-state index is 13.5. The van der Waals surface area contributed by atoms with E-state index in [0.717, 1.165) is 14.9 Å². The molecule has 234 valence electrons. The van der Waals surface area contributed by atoms with Crippen LogP contribution in [-0.4, -0.2) is 62.7 Å². The zero-order chi connectivity index (χ0) is 31.7. The molecule has 17 heteroatoms. The van der Waals surface area contributed by atoms with E-state index >= 15 is 0 Å². The van der Waals surface area contributed by atoms with E-state index in [2.05, 4.69) is 50.6 Å². The van der Waals surface area contributed by atoms with E-state index in [1.807, 2.05) is 13.8 Å². The fraction of sp³-hybridized carbons (Fsp3) is 0.480. The van der Waals surface area contributed by atoms with Crippen LogP contribution in [0.1, 0.15) is 32.3 Å². The summed E-state index contributed by atoms with van der Waals surface area (Å²) in [6.45, 7) is 2.20. The molecule has 0 saturated carbocycles. The van der Waals surface area contributed by atoms with Gasteiger partial charge in [0.1, 0.15) is 28.9 Å². The van der Waals surface area contributed by atoms with E-state index in [4.69, 9.17) is 11.6 Å². The van der Waals surface area contributed by atoms with Crippen molar-refractivity contribution >= 4 is 85.9 Å². The predicted molar refractivity (Wildman–Crippen MR) is 167 cm³/mol. The lowest BCUT2D eigenvalue weighted by Crippen LogP contribution is -2.58. The number of hydrogen-bond acceptors (Lipinski definition) is 7. The van der Waals surface area contributed by atoms with Crippen LogP contribution in [0.3, 0.4) is 0 Å². The lowest BCUT2D eigenvalue weighted by Gasteiger charge is -2.25. The summed E-state index contributed by atoms with van der Waals surface area (Å²) in [6.07, 6.45) is -4.13. The van der Waals surface area contributed by atoms with Crippen LogP contribution in [0, 0.1) is 9.49 Å². The fourth-order valence-electron chi connectivity index (χ4n) is 3.55. The second-order valence-electron chi connectivity index (χ2n) is 9.67. The summed E-state index contributed by atoms with van der Waals surface area (Å²) >= 11 is 12.8. The van der Waals surface area contributed by atoms with Crippen LogP contribution in [0.4, 0.5) is 13.2 Å². The summed E-state index contributed by atoms with van der Waals surface area (Å²) in [5.74, 6) is -2.96. The van der Waals surface area contributed by atoms with Gasteiger partial charge in [0.2, 0.25) is 17.7 Å². The maximum Gasteiger partial charge on any atom is 0.405 e. The molecule has 1 aromatic carbocycles. The molecule has 0 unspecified atom stereocenters. The van der Waals surface area contributed by atoms with Crippen LogP contribution in [-0.2, 0) is 30.8 Å². The highest BCUT2D eigenvalue weighted by Gasteiger charge is 2.33. The summed E-state index contributed by atoms with van der Waals surface area (Å²) < 4.78 is 67.2. The van der Waals surface area contributed by atoms with Crippen LogP contribution in [0.5, 0.6) is 0 Å². The van der Waals surface area contributed by atoms with Crippen molar-refractivity contribution in [3.8, 4) is 0 Å². The van der Waals surface area contributed by atoms with Gasteiger partial charge in [-0.2, -0.15) is 30.5 Å². The molecule has 0 fully saturated rings. The van der Waals surface area contributed by atoms with Crippen molar-refractivity contribution in [1.29, 1.82) is 0 Å². The number of carbonyl (C=O) groups is 3. The van der Waals surface area contributed by atoms with Crippen molar-refractivity contribution in [2.75, 3.05) is 12.3 Å². The van der Waals surface area contributed by atoms with Gasteiger partial charge in [0, 0.05) is 15.7 Å². The first-order valence-electron chi connectivity index (χ1n) is 12.6. The van der Waals surface area contributed by atoms with E-state index in [-0.39, 0.29) is 33.1 Å². The summed E-state index contributed by atoms with van der Waals surface area (Å²) in [7, 11) is -4.14. The third-order valence-electron chi connectivity index (χ3n) is 5.72. The van der Waals surface area contributed by atoms with Crippen LogP contribution in [0.15, 0.2) is 40.6 Å². The predicted octanol–water partition coefficient (Wildman–Crippen LogP) is 3.91. The Morgan fingerprint density at radius 1 is 0.952 bits per heavy atom. The lowest BCUT2D eigenvalue weighted by molar-refractivity contribution is -0.140. The zero-order valence-electron chi connectivity index (χ0n) is 22.5.